The molecule has 1 heterocycles. The van der Waals surface area contributed by atoms with Crippen LogP contribution in [0.4, 0.5) is 17.6 Å². The van der Waals surface area contributed by atoms with Crippen molar-refractivity contribution in [1.29, 1.82) is 5.26 Å². The molecule has 0 fully saturated rings. The Labute approximate surface area is 172 Å². The highest BCUT2D eigenvalue weighted by Gasteiger charge is 2.39. The zero-order valence-corrected chi connectivity index (χ0v) is 15.8. The molecule has 29 heavy (non-hydrogen) atoms. The Morgan fingerprint density at radius 2 is 1.83 bits per heavy atom. The minimum Gasteiger partial charge on any atom is -0.223 e. The average Bonchev–Trinajstić information content (AvgIpc) is 3.19. The Kier molecular flexibility index (Phi) is 5.91. The lowest BCUT2D eigenvalue weighted by Crippen LogP contribution is -2.19. The first-order valence-corrected chi connectivity index (χ1v) is 8.75. The van der Waals surface area contributed by atoms with Crippen molar-refractivity contribution in [3.8, 4) is 11.8 Å². The zero-order valence-electron chi connectivity index (χ0n) is 14.3. The highest BCUT2D eigenvalue weighted by atomic mass is 35.5. The molecule has 148 valence electrons. The van der Waals surface area contributed by atoms with Crippen LogP contribution in [-0.4, -0.2) is 20.9 Å². The third kappa shape index (κ3) is 4.58. The Morgan fingerprint density at radius 1 is 1.14 bits per heavy atom. The van der Waals surface area contributed by atoms with E-state index in [2.05, 4.69) is 10.1 Å². The fraction of sp³-hybridized carbons (Fsp3) is 0.105. The molecule has 3 aromatic rings. The number of aromatic nitrogens is 3. The van der Waals surface area contributed by atoms with E-state index in [4.69, 9.17) is 23.2 Å². The molecule has 0 saturated heterocycles. The molecule has 1 atom stereocenters. The van der Waals surface area contributed by atoms with E-state index in [-0.39, 0.29) is 11.1 Å². The van der Waals surface area contributed by atoms with Crippen LogP contribution in [-0.2, 0) is 0 Å². The van der Waals surface area contributed by atoms with Crippen LogP contribution < -0.4 is 0 Å². The van der Waals surface area contributed by atoms with E-state index >= 15 is 0 Å². The van der Waals surface area contributed by atoms with Crippen LogP contribution in [0, 0.1) is 17.1 Å². The monoisotopic (exact) mass is 440 g/mol. The fourth-order valence-electron chi connectivity index (χ4n) is 2.65. The molecule has 1 aromatic heterocycles. The highest BCUT2D eigenvalue weighted by molar-refractivity contribution is 6.35. The number of nitrogens with zero attached hydrogens (tertiary/aromatic N) is 4. The molecule has 10 heteroatoms. The Morgan fingerprint density at radius 3 is 2.38 bits per heavy atom. The Bertz CT molecular complexity index is 1080. The van der Waals surface area contributed by atoms with E-state index in [0.717, 1.165) is 18.2 Å². The van der Waals surface area contributed by atoms with Crippen molar-refractivity contribution >= 4 is 29.3 Å². The summed E-state index contributed by atoms with van der Waals surface area (Å²) >= 11 is 11.3. The van der Waals surface area contributed by atoms with Crippen molar-refractivity contribution < 1.29 is 17.6 Å². The molecule has 1 unspecified atom stereocenters. The Hall–Kier alpha value is -2.89. The molecule has 0 aliphatic rings. The number of allylic oxidation sites excluding steroid dienone is 1. The summed E-state index contributed by atoms with van der Waals surface area (Å²) in [5.74, 6) is -3.05. The molecule has 3 rings (SSSR count). The average molecular weight is 441 g/mol. The van der Waals surface area contributed by atoms with Crippen LogP contribution >= 0.6 is 23.2 Å². The molecule has 0 aliphatic carbocycles. The topological polar surface area (TPSA) is 54.5 Å². The minimum atomic E-state index is -4.67. The van der Waals surface area contributed by atoms with E-state index in [9.17, 15) is 22.8 Å². The smallest absolute Gasteiger partial charge is 0.223 e. The van der Waals surface area contributed by atoms with Crippen LogP contribution in [0.15, 0.2) is 49.1 Å². The van der Waals surface area contributed by atoms with Gasteiger partial charge < -0.3 is 0 Å². The van der Waals surface area contributed by atoms with Gasteiger partial charge in [-0.1, -0.05) is 41.4 Å². The quantitative estimate of drug-likeness (QED) is 0.372. The van der Waals surface area contributed by atoms with Crippen molar-refractivity contribution in [3.63, 3.8) is 0 Å². The van der Waals surface area contributed by atoms with E-state index in [0.29, 0.717) is 11.3 Å². The maximum absolute atomic E-state index is 13.6. The molecule has 0 spiro atoms. The second-order valence-corrected chi connectivity index (χ2v) is 6.72. The SMILES string of the molecule is N#Cc1cc(/C=C\C(c2cc(Cl)c(F)c(Cl)c2)C(F)(F)F)ccc1-n1cncn1. The van der Waals surface area contributed by atoms with Gasteiger partial charge in [0.1, 0.15) is 18.7 Å². The molecule has 0 N–H and O–H groups in total. The zero-order chi connectivity index (χ0) is 21.2. The predicted octanol–water partition coefficient (Wildman–Crippen LogP) is 5.94. The first-order valence-electron chi connectivity index (χ1n) is 7.99. The van der Waals surface area contributed by atoms with Gasteiger partial charge in [0.25, 0.3) is 0 Å². The summed E-state index contributed by atoms with van der Waals surface area (Å²) in [5, 5.41) is 12.3. The van der Waals surface area contributed by atoms with Crippen LogP contribution in [0.5, 0.6) is 0 Å². The van der Waals surface area contributed by atoms with Gasteiger partial charge in [0, 0.05) is 0 Å². The van der Waals surface area contributed by atoms with Crippen molar-refractivity contribution in [2.45, 2.75) is 12.1 Å². The number of alkyl halides is 3. The van der Waals surface area contributed by atoms with Gasteiger partial charge in [-0.2, -0.15) is 23.5 Å². The molecular weight excluding hydrogens is 431 g/mol. The van der Waals surface area contributed by atoms with Gasteiger partial charge >= 0.3 is 6.18 Å². The van der Waals surface area contributed by atoms with E-state index in [1.807, 2.05) is 6.07 Å². The maximum Gasteiger partial charge on any atom is 0.399 e. The molecule has 0 radical (unpaired) electrons. The standard InChI is InChI=1S/C19H10Cl2F4N4/c20-15-6-12(7-16(21)18(15)22)14(19(23,24)25)3-1-11-2-4-17(13(5-11)8-26)29-10-27-9-28-29/h1-7,9-10,14H/b3-1-. The van der Waals surface area contributed by atoms with Crippen LogP contribution in [0.25, 0.3) is 11.8 Å². The summed E-state index contributed by atoms with van der Waals surface area (Å²) in [5.41, 5.74) is 0.699. The summed E-state index contributed by atoms with van der Waals surface area (Å²) in [6, 6.07) is 8.25. The van der Waals surface area contributed by atoms with Gasteiger partial charge in [0.2, 0.25) is 0 Å². The van der Waals surface area contributed by atoms with Gasteiger partial charge in [-0.05, 0) is 35.4 Å². The third-order valence-electron chi connectivity index (χ3n) is 4.01. The number of hydrogen-bond donors (Lipinski definition) is 0. The van der Waals surface area contributed by atoms with Crippen molar-refractivity contribution in [2.24, 2.45) is 0 Å². The normalized spacial score (nSPS) is 12.9. The molecule has 0 amide bonds. The lowest BCUT2D eigenvalue weighted by atomic mass is 9.96. The van der Waals surface area contributed by atoms with Crippen LogP contribution in [0.3, 0.4) is 0 Å². The second-order valence-electron chi connectivity index (χ2n) is 5.91. The number of hydrogen-bond acceptors (Lipinski definition) is 3. The minimum absolute atomic E-state index is 0.203. The summed E-state index contributed by atoms with van der Waals surface area (Å²) in [7, 11) is 0. The van der Waals surface area contributed by atoms with Gasteiger partial charge in [-0.25, -0.2) is 14.1 Å². The van der Waals surface area contributed by atoms with E-state index in [1.165, 1.54) is 35.5 Å². The predicted molar refractivity (Wildman–Crippen MR) is 100 cm³/mol. The first kappa shape index (κ1) is 20.8. The molecule has 4 nitrogen and oxygen atoms in total. The van der Waals surface area contributed by atoms with Gasteiger partial charge in [0.15, 0.2) is 5.82 Å². The highest BCUT2D eigenvalue weighted by Crippen LogP contribution is 2.39. The first-order chi connectivity index (χ1) is 13.7. The van der Waals surface area contributed by atoms with Gasteiger partial charge in [0.05, 0.1) is 27.2 Å². The van der Waals surface area contributed by atoms with E-state index in [1.54, 1.807) is 6.07 Å². The number of rotatable bonds is 4. The summed E-state index contributed by atoms with van der Waals surface area (Å²) in [4.78, 5) is 3.79. The van der Waals surface area contributed by atoms with E-state index < -0.39 is 28.0 Å². The largest absolute Gasteiger partial charge is 0.399 e. The Balaban J connectivity index is 1.98. The summed E-state index contributed by atoms with van der Waals surface area (Å²) < 4.78 is 55.6. The van der Waals surface area contributed by atoms with Gasteiger partial charge in [-0.15, -0.1) is 0 Å². The van der Waals surface area contributed by atoms with Crippen LogP contribution in [0.1, 0.15) is 22.6 Å². The van der Waals surface area contributed by atoms with Crippen LogP contribution in [0.2, 0.25) is 10.0 Å². The second kappa shape index (κ2) is 8.23. The maximum atomic E-state index is 13.6. The summed E-state index contributed by atoms with van der Waals surface area (Å²) in [6.07, 6.45) is 0.135. The third-order valence-corrected chi connectivity index (χ3v) is 4.56. The molecule has 0 aliphatic heterocycles. The lowest BCUT2D eigenvalue weighted by Gasteiger charge is -2.18. The molecular formula is C19H10Cl2F4N4. The molecule has 0 bridgehead atoms. The van der Waals surface area contributed by atoms with Crippen molar-refractivity contribution in [2.75, 3.05) is 0 Å². The number of benzene rings is 2. The summed E-state index contributed by atoms with van der Waals surface area (Å²) in [6.45, 7) is 0. The van der Waals surface area contributed by atoms with Crippen molar-refractivity contribution in [1.82, 2.24) is 14.8 Å². The van der Waals surface area contributed by atoms with Crippen molar-refractivity contribution in [3.05, 3.63) is 81.6 Å². The molecule has 2 aromatic carbocycles. The fourth-order valence-corrected chi connectivity index (χ4v) is 3.15. The molecule has 0 saturated carbocycles. The van der Waals surface area contributed by atoms with Gasteiger partial charge in [-0.3, -0.25) is 0 Å². The number of halogens is 6. The number of nitriles is 1. The lowest BCUT2D eigenvalue weighted by molar-refractivity contribution is -0.139.